The van der Waals surface area contributed by atoms with Gasteiger partial charge in [0.1, 0.15) is 0 Å². The van der Waals surface area contributed by atoms with Gasteiger partial charge in [-0.05, 0) is 20.0 Å². The van der Waals surface area contributed by atoms with E-state index in [9.17, 15) is 18.3 Å². The summed E-state index contributed by atoms with van der Waals surface area (Å²) in [4.78, 5) is 1.77. The Morgan fingerprint density at radius 2 is 1.53 bits per heavy atom. The molecule has 0 spiro atoms. The summed E-state index contributed by atoms with van der Waals surface area (Å²) in [7, 11) is 0. The van der Waals surface area contributed by atoms with Crippen LogP contribution in [0.3, 0.4) is 0 Å². The molecule has 0 heterocycles. The van der Waals surface area contributed by atoms with Crippen molar-refractivity contribution in [2.45, 2.75) is 39.0 Å². The van der Waals surface area contributed by atoms with Gasteiger partial charge in [0.25, 0.3) is 0 Å². The Kier molecular flexibility index (Phi) is 7.89. The van der Waals surface area contributed by atoms with E-state index in [0.29, 0.717) is 13.1 Å². The van der Waals surface area contributed by atoms with Crippen LogP contribution in [0.15, 0.2) is 0 Å². The monoisotopic (exact) mass is 272 g/mol. The van der Waals surface area contributed by atoms with Crippen LogP contribution in [-0.2, 0) is 16.8 Å². The van der Waals surface area contributed by atoms with Crippen molar-refractivity contribution in [2.75, 3.05) is 19.6 Å². The summed E-state index contributed by atoms with van der Waals surface area (Å²) in [5, 5.41) is 9.52. The van der Waals surface area contributed by atoms with Gasteiger partial charge in [0.15, 0.2) is 0 Å². The average molecular weight is 272 g/mol. The molecular weight excluding hydrogens is 254 g/mol. The fourth-order valence-corrected chi connectivity index (χ4v) is 1.42. The molecule has 2 nitrogen and oxygen atoms in total. The number of nitrogens with zero attached hydrogens (tertiary/aromatic N) is 1. The van der Waals surface area contributed by atoms with Crippen LogP contribution >= 0.6 is 0 Å². The first-order chi connectivity index (χ1) is 6.20. The summed E-state index contributed by atoms with van der Waals surface area (Å²) >= 11 is 0. The van der Waals surface area contributed by atoms with Gasteiger partial charge in [0.2, 0.25) is 0 Å². The second kappa shape index (κ2) is 6.72. The molecule has 0 aliphatic carbocycles. The molecule has 0 aromatic rings. The molecule has 1 radical (unpaired) electrons. The largest absolute Gasteiger partial charge is 0.391 e. The third-order valence-electron chi connectivity index (χ3n) is 2.04. The Morgan fingerprint density at radius 1 is 1.13 bits per heavy atom. The summed E-state index contributed by atoms with van der Waals surface area (Å²) in [5.41, 5.74) is -1.69. The van der Waals surface area contributed by atoms with Crippen LogP contribution in [0.5, 0.6) is 0 Å². The molecular formula is C9H18CoF3NO. The van der Waals surface area contributed by atoms with Crippen molar-refractivity contribution in [2.24, 2.45) is 0 Å². The van der Waals surface area contributed by atoms with Crippen LogP contribution in [0.4, 0.5) is 13.2 Å². The molecule has 0 aliphatic heterocycles. The summed E-state index contributed by atoms with van der Waals surface area (Å²) in [5.74, 6) is 0. The molecule has 0 aromatic carbocycles. The zero-order valence-corrected chi connectivity index (χ0v) is 10.2. The molecule has 95 valence electrons. The van der Waals surface area contributed by atoms with E-state index >= 15 is 0 Å². The maximum absolute atomic E-state index is 12.0. The van der Waals surface area contributed by atoms with E-state index in [2.05, 4.69) is 0 Å². The minimum atomic E-state index is -4.31. The molecule has 0 rings (SSSR count). The Morgan fingerprint density at radius 3 is 1.80 bits per heavy atom. The van der Waals surface area contributed by atoms with Gasteiger partial charge in [-0.2, -0.15) is 13.2 Å². The molecule has 0 fully saturated rings. The minimum absolute atomic E-state index is 0. The van der Waals surface area contributed by atoms with Gasteiger partial charge in [-0.3, -0.25) is 0 Å². The predicted octanol–water partition coefficient (Wildman–Crippen LogP) is 2.03. The first kappa shape index (κ1) is 17.6. The van der Waals surface area contributed by atoms with Crippen molar-refractivity contribution in [3.05, 3.63) is 0 Å². The topological polar surface area (TPSA) is 23.5 Å². The number of alkyl halides is 3. The molecule has 0 amide bonds. The minimum Gasteiger partial charge on any atom is -0.388 e. The van der Waals surface area contributed by atoms with Gasteiger partial charge >= 0.3 is 6.18 Å². The molecule has 1 atom stereocenters. The maximum Gasteiger partial charge on any atom is 0.391 e. The SMILES string of the molecule is CCN(CC)CC(C)(O)CC(F)(F)F.[Co]. The van der Waals surface area contributed by atoms with Crippen molar-refractivity contribution in [3.63, 3.8) is 0 Å². The molecule has 0 saturated heterocycles. The second-order valence-corrected chi connectivity index (χ2v) is 3.75. The van der Waals surface area contributed by atoms with E-state index in [1.165, 1.54) is 6.92 Å². The zero-order valence-electron chi connectivity index (χ0n) is 9.19. The van der Waals surface area contributed by atoms with Gasteiger partial charge in [0, 0.05) is 23.3 Å². The van der Waals surface area contributed by atoms with Gasteiger partial charge in [-0.15, -0.1) is 0 Å². The summed E-state index contributed by atoms with van der Waals surface area (Å²) in [6, 6.07) is 0. The van der Waals surface area contributed by atoms with Crippen molar-refractivity contribution in [1.82, 2.24) is 4.90 Å². The quantitative estimate of drug-likeness (QED) is 0.827. The number of aliphatic hydroxyl groups is 1. The summed E-state index contributed by atoms with van der Waals surface area (Å²) < 4.78 is 36.1. The first-order valence-electron chi connectivity index (χ1n) is 4.71. The van der Waals surface area contributed by atoms with E-state index in [1.54, 1.807) is 4.90 Å². The van der Waals surface area contributed by atoms with Crippen LogP contribution in [0.1, 0.15) is 27.2 Å². The Balaban J connectivity index is 0. The van der Waals surface area contributed by atoms with Gasteiger partial charge in [0.05, 0.1) is 12.0 Å². The fraction of sp³-hybridized carbons (Fsp3) is 1.00. The molecule has 0 aromatic heterocycles. The molecule has 15 heavy (non-hydrogen) atoms. The van der Waals surface area contributed by atoms with Crippen molar-refractivity contribution < 1.29 is 35.1 Å². The number of rotatable bonds is 5. The summed E-state index contributed by atoms with van der Waals surface area (Å²) in [6.07, 6.45) is -5.47. The number of halogens is 3. The zero-order chi connectivity index (χ0) is 11.4. The molecule has 1 N–H and O–H groups in total. The van der Waals surface area contributed by atoms with E-state index < -0.39 is 18.2 Å². The van der Waals surface area contributed by atoms with Crippen LogP contribution < -0.4 is 0 Å². The Labute approximate surface area is 99.0 Å². The Hall–Kier alpha value is 0.216. The standard InChI is InChI=1S/C9H18F3NO.Co/c1-4-13(5-2)7-8(3,14)6-9(10,11)12;/h14H,4-7H2,1-3H3;. The molecule has 6 heteroatoms. The van der Waals surface area contributed by atoms with Crippen LogP contribution in [0.25, 0.3) is 0 Å². The van der Waals surface area contributed by atoms with Crippen molar-refractivity contribution >= 4 is 0 Å². The smallest absolute Gasteiger partial charge is 0.388 e. The second-order valence-electron chi connectivity index (χ2n) is 3.75. The Bertz CT molecular complexity index is 169. The van der Waals surface area contributed by atoms with E-state index in [0.717, 1.165) is 0 Å². The third-order valence-corrected chi connectivity index (χ3v) is 2.04. The molecule has 0 bridgehead atoms. The molecule has 1 unspecified atom stereocenters. The van der Waals surface area contributed by atoms with Gasteiger partial charge in [-0.1, -0.05) is 13.8 Å². The third kappa shape index (κ3) is 9.16. The number of likely N-dealkylation sites (N-methyl/N-ethyl adjacent to an activating group) is 1. The fourth-order valence-electron chi connectivity index (χ4n) is 1.42. The molecule has 0 saturated carbocycles. The normalized spacial score (nSPS) is 16.0. The van der Waals surface area contributed by atoms with Crippen LogP contribution in [-0.4, -0.2) is 41.4 Å². The predicted molar refractivity (Wildman–Crippen MR) is 49.1 cm³/mol. The van der Waals surface area contributed by atoms with E-state index in [4.69, 9.17) is 0 Å². The molecule has 0 aliphatic rings. The van der Waals surface area contributed by atoms with E-state index in [1.807, 2.05) is 13.8 Å². The number of hydrogen-bond donors (Lipinski definition) is 1. The van der Waals surface area contributed by atoms with Crippen LogP contribution in [0.2, 0.25) is 0 Å². The van der Waals surface area contributed by atoms with Gasteiger partial charge in [-0.25, -0.2) is 0 Å². The van der Waals surface area contributed by atoms with Crippen molar-refractivity contribution in [1.29, 1.82) is 0 Å². The maximum atomic E-state index is 12.0. The summed E-state index contributed by atoms with van der Waals surface area (Å²) in [6.45, 7) is 6.27. The van der Waals surface area contributed by atoms with Crippen molar-refractivity contribution in [3.8, 4) is 0 Å². The van der Waals surface area contributed by atoms with E-state index in [-0.39, 0.29) is 23.3 Å². The number of hydrogen-bond acceptors (Lipinski definition) is 2. The van der Waals surface area contributed by atoms with Gasteiger partial charge < -0.3 is 10.0 Å². The van der Waals surface area contributed by atoms with Crippen LogP contribution in [0, 0.1) is 0 Å². The average Bonchev–Trinajstić information content (AvgIpc) is 1.95. The first-order valence-corrected chi connectivity index (χ1v) is 4.71.